The van der Waals surface area contributed by atoms with Gasteiger partial charge in [0.2, 0.25) is 0 Å². The van der Waals surface area contributed by atoms with Gasteiger partial charge in [0.1, 0.15) is 6.54 Å². The van der Waals surface area contributed by atoms with E-state index in [1.807, 2.05) is 0 Å². The molecule has 0 unspecified atom stereocenters. The molecule has 0 atom stereocenters. The Bertz CT molecular complexity index is 506. The fourth-order valence-electron chi connectivity index (χ4n) is 1.39. The number of nitrogens with zero attached hydrogens (tertiary/aromatic N) is 3. The maximum absolute atomic E-state index is 12.5. The van der Waals surface area contributed by atoms with Crippen molar-refractivity contribution in [3.05, 3.63) is 37.7 Å². The van der Waals surface area contributed by atoms with Gasteiger partial charge in [0.25, 0.3) is 6.20 Å². The molecule has 1 N–H and O–H groups in total. The van der Waals surface area contributed by atoms with Crippen LogP contribution in [0.2, 0.25) is 4.47 Å². The number of aromatic nitrogens is 1. The van der Waals surface area contributed by atoms with Crippen LogP contribution < -0.4 is 5.32 Å². The molecule has 1 rings (SSSR count). The number of nitro groups is 1. The molecule has 1 heterocycles. The normalized spacial score (nSPS) is 12.3. The first-order chi connectivity index (χ1) is 9.21. The highest BCUT2D eigenvalue weighted by Crippen LogP contribution is 2.24. The van der Waals surface area contributed by atoms with Crippen LogP contribution in [0.1, 0.15) is 4.88 Å². The molecule has 6 nitrogen and oxygen atoms in total. The Hall–Kier alpha value is -1.55. The summed E-state index contributed by atoms with van der Waals surface area (Å²) in [6.45, 7) is -1.52. The number of thiazole rings is 1. The fraction of sp³-hybridized carbons (Fsp3) is 0.444. The van der Waals surface area contributed by atoms with Gasteiger partial charge in [0, 0.05) is 18.1 Å². The van der Waals surface area contributed by atoms with Gasteiger partial charge in [-0.3, -0.25) is 10.1 Å². The first kappa shape index (κ1) is 16.5. The van der Waals surface area contributed by atoms with Crippen molar-refractivity contribution in [1.29, 1.82) is 0 Å². The van der Waals surface area contributed by atoms with E-state index in [1.165, 1.54) is 13.2 Å². The average molecular weight is 331 g/mol. The molecule has 11 heteroatoms. The maximum atomic E-state index is 12.5. The van der Waals surface area contributed by atoms with Gasteiger partial charge < -0.3 is 10.2 Å². The van der Waals surface area contributed by atoms with E-state index in [1.54, 1.807) is 0 Å². The summed E-state index contributed by atoms with van der Waals surface area (Å²) in [6, 6.07) is 0. The standard InChI is InChI=1S/C9H10ClF3N4O2S/c1-14-7(4-17(18)19)16(5-9(11,12)13)3-6-2-15-8(10)20-6/h2,4,14H,3,5H2,1H3. The summed E-state index contributed by atoms with van der Waals surface area (Å²) >= 11 is 6.61. The monoisotopic (exact) mass is 330 g/mol. The molecular formula is C9H10ClF3N4O2S. The second kappa shape index (κ2) is 6.75. The topological polar surface area (TPSA) is 71.3 Å². The van der Waals surface area contributed by atoms with Gasteiger partial charge in [0.15, 0.2) is 10.3 Å². The van der Waals surface area contributed by atoms with E-state index >= 15 is 0 Å². The molecule has 0 aliphatic rings. The minimum atomic E-state index is -4.50. The Balaban J connectivity index is 2.97. The number of hydrogen-bond donors (Lipinski definition) is 1. The molecule has 0 spiro atoms. The van der Waals surface area contributed by atoms with Gasteiger partial charge >= 0.3 is 6.18 Å². The Morgan fingerprint density at radius 2 is 2.35 bits per heavy atom. The smallest absolute Gasteiger partial charge is 0.370 e. The van der Waals surface area contributed by atoms with Gasteiger partial charge in [-0.05, 0) is 0 Å². The maximum Gasteiger partial charge on any atom is 0.405 e. The number of rotatable bonds is 6. The summed E-state index contributed by atoms with van der Waals surface area (Å²) in [5, 5.41) is 12.8. The lowest BCUT2D eigenvalue weighted by Crippen LogP contribution is -2.37. The van der Waals surface area contributed by atoms with Crippen LogP contribution in [0.5, 0.6) is 0 Å². The summed E-state index contributed by atoms with van der Waals surface area (Å²) in [6.07, 6.45) is -2.69. The van der Waals surface area contributed by atoms with E-state index in [-0.39, 0.29) is 16.8 Å². The Morgan fingerprint density at radius 1 is 1.70 bits per heavy atom. The predicted molar refractivity (Wildman–Crippen MR) is 67.7 cm³/mol. The molecule has 0 saturated heterocycles. The van der Waals surface area contributed by atoms with Gasteiger partial charge in [-0.1, -0.05) is 11.6 Å². The van der Waals surface area contributed by atoms with Crippen LogP contribution in [-0.2, 0) is 6.54 Å². The van der Waals surface area contributed by atoms with Crippen LogP contribution in [0.15, 0.2) is 18.2 Å². The van der Waals surface area contributed by atoms with Crippen molar-refractivity contribution in [1.82, 2.24) is 15.2 Å². The molecule has 0 radical (unpaired) electrons. The largest absolute Gasteiger partial charge is 0.405 e. The van der Waals surface area contributed by atoms with E-state index in [0.717, 1.165) is 16.2 Å². The molecule has 112 valence electrons. The number of alkyl halides is 3. The highest BCUT2D eigenvalue weighted by molar-refractivity contribution is 7.15. The Labute approximate surface area is 121 Å². The van der Waals surface area contributed by atoms with Gasteiger partial charge in [-0.25, -0.2) is 4.98 Å². The summed E-state index contributed by atoms with van der Waals surface area (Å²) in [7, 11) is 1.30. The van der Waals surface area contributed by atoms with Crippen molar-refractivity contribution in [3.8, 4) is 0 Å². The van der Waals surface area contributed by atoms with Crippen molar-refractivity contribution in [3.63, 3.8) is 0 Å². The predicted octanol–water partition coefficient (Wildman–Crippen LogP) is 2.46. The van der Waals surface area contributed by atoms with Crippen LogP contribution in [0.4, 0.5) is 13.2 Å². The molecule has 0 aliphatic carbocycles. The zero-order valence-corrected chi connectivity index (χ0v) is 11.7. The number of halogens is 4. The molecule has 0 fully saturated rings. The second-order valence-electron chi connectivity index (χ2n) is 3.60. The molecule has 0 bridgehead atoms. The van der Waals surface area contributed by atoms with Crippen molar-refractivity contribution in [2.75, 3.05) is 13.6 Å². The third-order valence-corrected chi connectivity index (χ3v) is 3.17. The third kappa shape index (κ3) is 5.61. The molecule has 1 aromatic rings. The highest BCUT2D eigenvalue weighted by atomic mass is 35.5. The zero-order chi connectivity index (χ0) is 15.3. The molecular weight excluding hydrogens is 321 g/mol. The Kier molecular flexibility index (Phi) is 5.57. The lowest BCUT2D eigenvalue weighted by molar-refractivity contribution is -0.404. The molecule has 20 heavy (non-hydrogen) atoms. The Morgan fingerprint density at radius 3 is 2.75 bits per heavy atom. The van der Waals surface area contributed by atoms with Crippen LogP contribution in [-0.4, -0.2) is 34.6 Å². The zero-order valence-electron chi connectivity index (χ0n) is 10.1. The first-order valence-corrected chi connectivity index (χ1v) is 6.35. The van der Waals surface area contributed by atoms with Crippen LogP contribution in [0.3, 0.4) is 0 Å². The average Bonchev–Trinajstić information content (AvgIpc) is 2.68. The second-order valence-corrected chi connectivity index (χ2v) is 5.30. The minimum absolute atomic E-state index is 0.190. The van der Waals surface area contributed by atoms with E-state index in [9.17, 15) is 23.3 Å². The van der Waals surface area contributed by atoms with Crippen molar-refractivity contribution in [2.24, 2.45) is 0 Å². The molecule has 0 saturated carbocycles. The number of nitrogens with one attached hydrogen (secondary N) is 1. The van der Waals surface area contributed by atoms with Gasteiger partial charge in [-0.2, -0.15) is 13.2 Å². The van der Waals surface area contributed by atoms with Crippen LogP contribution in [0.25, 0.3) is 0 Å². The molecule has 0 aromatic carbocycles. The highest BCUT2D eigenvalue weighted by Gasteiger charge is 2.32. The molecule has 0 aliphatic heterocycles. The molecule has 1 aromatic heterocycles. The lowest BCUT2D eigenvalue weighted by atomic mass is 10.4. The quantitative estimate of drug-likeness (QED) is 0.641. The van der Waals surface area contributed by atoms with Gasteiger partial charge in [-0.15, -0.1) is 11.3 Å². The van der Waals surface area contributed by atoms with Crippen molar-refractivity contribution < 1.29 is 18.1 Å². The summed E-state index contributed by atoms with van der Waals surface area (Å²) in [5.74, 6) is -0.253. The molecule has 0 amide bonds. The first-order valence-electron chi connectivity index (χ1n) is 5.16. The van der Waals surface area contributed by atoms with E-state index in [4.69, 9.17) is 11.6 Å². The van der Waals surface area contributed by atoms with Crippen molar-refractivity contribution >= 4 is 22.9 Å². The summed E-state index contributed by atoms with van der Waals surface area (Å²) in [4.78, 5) is 14.6. The SMILES string of the molecule is CNC(=C[N+](=O)[O-])N(Cc1cnc(Cl)s1)CC(F)(F)F. The van der Waals surface area contributed by atoms with E-state index in [2.05, 4.69) is 10.3 Å². The van der Waals surface area contributed by atoms with Crippen LogP contribution >= 0.6 is 22.9 Å². The summed E-state index contributed by atoms with van der Waals surface area (Å²) < 4.78 is 37.8. The minimum Gasteiger partial charge on any atom is -0.370 e. The van der Waals surface area contributed by atoms with E-state index in [0.29, 0.717) is 11.1 Å². The summed E-state index contributed by atoms with van der Waals surface area (Å²) in [5.41, 5.74) is 0. The van der Waals surface area contributed by atoms with Gasteiger partial charge in [0.05, 0.1) is 11.5 Å². The fourth-order valence-corrected chi connectivity index (χ4v) is 2.39. The number of hydrogen-bond acceptors (Lipinski definition) is 6. The van der Waals surface area contributed by atoms with Crippen LogP contribution in [0, 0.1) is 10.1 Å². The van der Waals surface area contributed by atoms with Crippen molar-refractivity contribution in [2.45, 2.75) is 12.7 Å². The van der Waals surface area contributed by atoms with E-state index < -0.39 is 17.6 Å². The third-order valence-electron chi connectivity index (χ3n) is 2.07. The lowest BCUT2D eigenvalue weighted by Gasteiger charge is -2.25.